The summed E-state index contributed by atoms with van der Waals surface area (Å²) in [6.45, 7) is -1.25. The summed E-state index contributed by atoms with van der Waals surface area (Å²) in [7, 11) is 0. The maximum atomic E-state index is 12.4. The molecule has 1 aromatic heterocycles. The highest BCUT2D eigenvalue weighted by atomic mass is 19.1. The van der Waals surface area contributed by atoms with Crippen LogP contribution in [-0.4, -0.2) is 17.0 Å². The van der Waals surface area contributed by atoms with Gasteiger partial charge in [0.05, 0.1) is 11.9 Å². The largest absolute Gasteiger partial charge is 0.397 e. The monoisotopic (exact) mass is 187 g/mol. The Hall–Kier alpha value is -1.74. The molecular weight excluding hydrogens is 180 g/mol. The first kappa shape index (κ1) is 11.3. The Balaban J connectivity index is 0.000000424. The summed E-state index contributed by atoms with van der Waals surface area (Å²) in [4.78, 5) is 3.24. The van der Waals surface area contributed by atoms with E-state index in [1.54, 1.807) is 6.07 Å². The van der Waals surface area contributed by atoms with E-state index in [9.17, 15) is 8.78 Å². The Morgan fingerprint density at radius 2 is 2.23 bits per heavy atom. The number of nitrogen functional groups attached to an aromatic ring is 1. The van der Waals surface area contributed by atoms with Gasteiger partial charge in [-0.2, -0.15) is 9.65 Å². The van der Waals surface area contributed by atoms with Crippen molar-refractivity contribution in [3.63, 3.8) is 0 Å². The molecule has 13 heavy (non-hydrogen) atoms. The number of pyridine rings is 1. The van der Waals surface area contributed by atoms with Gasteiger partial charge in [-0.1, -0.05) is 0 Å². The van der Waals surface area contributed by atoms with Gasteiger partial charge in [0.25, 0.3) is 0 Å². The molecule has 0 saturated carbocycles. The number of alkyl halides is 1. The van der Waals surface area contributed by atoms with Crippen LogP contribution in [0.15, 0.2) is 12.3 Å². The molecular formula is C7H7F2N3O. The van der Waals surface area contributed by atoms with Crippen LogP contribution < -0.4 is 5.73 Å². The molecule has 70 valence electrons. The molecule has 0 aromatic carbocycles. The van der Waals surface area contributed by atoms with Crippen LogP contribution in [-0.2, 0) is 0 Å². The second-order valence-electron chi connectivity index (χ2n) is 1.84. The third-order valence-electron chi connectivity index (χ3n) is 0.981. The number of nitrogens with two attached hydrogens (primary N) is 1. The highest BCUT2D eigenvalue weighted by molar-refractivity contribution is 5.42. The number of aliphatic hydroxyl groups excluding tert-OH is 1. The van der Waals surface area contributed by atoms with Crippen LogP contribution >= 0.6 is 0 Å². The zero-order valence-electron chi connectivity index (χ0n) is 6.54. The lowest BCUT2D eigenvalue weighted by Crippen LogP contribution is -1.92. The minimum absolute atomic E-state index is 0.125. The smallest absolute Gasteiger partial charge is 0.230 e. The van der Waals surface area contributed by atoms with Gasteiger partial charge in [-0.25, -0.2) is 9.37 Å². The fourth-order valence-corrected chi connectivity index (χ4v) is 0.543. The van der Waals surface area contributed by atoms with E-state index in [2.05, 4.69) is 4.98 Å². The van der Waals surface area contributed by atoms with Gasteiger partial charge in [-0.15, -0.1) is 0 Å². The lowest BCUT2D eigenvalue weighted by molar-refractivity contribution is 0.168. The Labute approximate surface area is 73.2 Å². The number of rotatable bonds is 0. The van der Waals surface area contributed by atoms with Gasteiger partial charge in [0.2, 0.25) is 5.95 Å². The number of nitriles is 1. The fraction of sp³-hybridized carbons (Fsp3) is 0.143. The van der Waals surface area contributed by atoms with E-state index in [1.807, 2.05) is 0 Å². The molecule has 0 spiro atoms. The number of hydrogen-bond donors (Lipinski definition) is 2. The maximum absolute atomic E-state index is 12.4. The van der Waals surface area contributed by atoms with E-state index in [4.69, 9.17) is 16.1 Å². The number of anilines is 1. The van der Waals surface area contributed by atoms with Gasteiger partial charge in [-0.05, 0) is 6.07 Å². The van der Waals surface area contributed by atoms with Crippen LogP contribution in [0.3, 0.4) is 0 Å². The normalized spacial score (nSPS) is 8.15. The minimum Gasteiger partial charge on any atom is -0.397 e. The zero-order valence-corrected chi connectivity index (χ0v) is 6.54. The molecule has 0 unspecified atom stereocenters. The molecule has 0 saturated heterocycles. The van der Waals surface area contributed by atoms with E-state index >= 15 is 0 Å². The molecule has 1 aromatic rings. The molecule has 0 fully saturated rings. The summed E-state index contributed by atoms with van der Waals surface area (Å²) in [6.07, 6.45) is 1.16. The summed E-state index contributed by atoms with van der Waals surface area (Å²) in [5, 5.41) is 15.2. The summed E-state index contributed by atoms with van der Waals surface area (Å²) in [5.74, 6) is -0.781. The number of nitrogens with zero attached hydrogens (tertiary/aromatic N) is 2. The van der Waals surface area contributed by atoms with Crippen molar-refractivity contribution in [1.29, 1.82) is 5.26 Å². The van der Waals surface area contributed by atoms with E-state index in [0.717, 1.165) is 6.20 Å². The van der Waals surface area contributed by atoms with E-state index in [0.29, 0.717) is 0 Å². The van der Waals surface area contributed by atoms with Gasteiger partial charge >= 0.3 is 0 Å². The van der Waals surface area contributed by atoms with Crippen LogP contribution in [0.5, 0.6) is 0 Å². The third-order valence-corrected chi connectivity index (χ3v) is 0.981. The van der Waals surface area contributed by atoms with E-state index < -0.39 is 12.8 Å². The molecule has 0 atom stereocenters. The standard InChI is InChI=1S/C6H4FN3.CH3FO/c7-6-4(2-8)1-5(9)3-10-6;2-1-3/h1,3H,9H2;3H,1H2. The second kappa shape index (κ2) is 5.85. The van der Waals surface area contributed by atoms with Crippen molar-refractivity contribution in [3.05, 3.63) is 23.8 Å². The number of hydrogen-bond acceptors (Lipinski definition) is 4. The van der Waals surface area contributed by atoms with Gasteiger partial charge in [0.15, 0.2) is 6.86 Å². The highest BCUT2D eigenvalue weighted by Crippen LogP contribution is 2.06. The molecule has 0 aliphatic rings. The van der Waals surface area contributed by atoms with Crippen LogP contribution in [0.2, 0.25) is 0 Å². The maximum Gasteiger partial charge on any atom is 0.230 e. The predicted octanol–water partition coefficient (Wildman–Crippen LogP) is 0.580. The number of halogens is 2. The molecule has 0 aliphatic heterocycles. The van der Waals surface area contributed by atoms with E-state index in [-0.39, 0.29) is 11.3 Å². The van der Waals surface area contributed by atoms with Crippen molar-refractivity contribution >= 4 is 5.69 Å². The first-order valence-corrected chi connectivity index (χ1v) is 3.13. The molecule has 4 nitrogen and oxygen atoms in total. The molecule has 0 aliphatic carbocycles. The van der Waals surface area contributed by atoms with Crippen LogP contribution in [0.4, 0.5) is 14.5 Å². The Morgan fingerprint density at radius 1 is 1.69 bits per heavy atom. The molecule has 0 bridgehead atoms. The number of aromatic nitrogens is 1. The van der Waals surface area contributed by atoms with Crippen LogP contribution in [0, 0.1) is 17.3 Å². The fourth-order valence-electron chi connectivity index (χ4n) is 0.543. The summed E-state index contributed by atoms with van der Waals surface area (Å²) in [5.41, 5.74) is 5.39. The SMILES string of the molecule is N#Cc1cc(N)cnc1F.OCF. The van der Waals surface area contributed by atoms with Crippen LogP contribution in [0.1, 0.15) is 5.56 Å². The van der Waals surface area contributed by atoms with Gasteiger partial charge in [-0.3, -0.25) is 0 Å². The Bertz CT molecular complexity index is 311. The summed E-state index contributed by atoms with van der Waals surface area (Å²) >= 11 is 0. The lowest BCUT2D eigenvalue weighted by atomic mass is 10.3. The average molecular weight is 187 g/mol. The predicted molar refractivity (Wildman–Crippen MR) is 41.5 cm³/mol. The first-order valence-electron chi connectivity index (χ1n) is 3.13. The van der Waals surface area contributed by atoms with Crippen molar-refractivity contribution in [2.75, 3.05) is 12.6 Å². The zero-order chi connectivity index (χ0) is 10.3. The molecule has 1 rings (SSSR count). The van der Waals surface area contributed by atoms with Gasteiger partial charge in [0, 0.05) is 0 Å². The molecule has 6 heteroatoms. The summed E-state index contributed by atoms with van der Waals surface area (Å²) < 4.78 is 22.2. The van der Waals surface area contributed by atoms with Crippen LogP contribution in [0.25, 0.3) is 0 Å². The van der Waals surface area contributed by atoms with E-state index in [1.165, 1.54) is 6.07 Å². The van der Waals surface area contributed by atoms with Gasteiger partial charge < -0.3 is 10.8 Å². The van der Waals surface area contributed by atoms with Crippen molar-refractivity contribution in [2.24, 2.45) is 0 Å². The lowest BCUT2D eigenvalue weighted by Gasteiger charge is -1.92. The Morgan fingerprint density at radius 3 is 2.62 bits per heavy atom. The first-order chi connectivity index (χ1) is 6.15. The minimum atomic E-state index is -1.25. The Kier molecular flexibility index (Phi) is 5.07. The topological polar surface area (TPSA) is 82.9 Å². The quantitative estimate of drug-likeness (QED) is 0.582. The summed E-state index contributed by atoms with van der Waals surface area (Å²) in [6, 6.07) is 2.86. The highest BCUT2D eigenvalue weighted by Gasteiger charge is 2.00. The number of aliphatic hydroxyl groups is 1. The van der Waals surface area contributed by atoms with Crippen molar-refractivity contribution < 1.29 is 13.9 Å². The van der Waals surface area contributed by atoms with Crippen molar-refractivity contribution in [2.45, 2.75) is 0 Å². The van der Waals surface area contributed by atoms with Crippen molar-refractivity contribution in [3.8, 4) is 6.07 Å². The molecule has 3 N–H and O–H groups in total. The second-order valence-corrected chi connectivity index (χ2v) is 1.84. The molecule has 0 radical (unpaired) electrons. The van der Waals surface area contributed by atoms with Gasteiger partial charge in [0.1, 0.15) is 11.6 Å². The molecule has 1 heterocycles. The molecule has 0 amide bonds. The van der Waals surface area contributed by atoms with Crippen molar-refractivity contribution in [1.82, 2.24) is 4.98 Å². The third kappa shape index (κ3) is 3.98. The average Bonchev–Trinajstić information content (AvgIpc) is 2.10.